The number of nitrogens with zero attached hydrogens (tertiary/aromatic N) is 5. The quantitative estimate of drug-likeness (QED) is 0.911. The second kappa shape index (κ2) is 6.49. The Morgan fingerprint density at radius 3 is 2.57 bits per heavy atom. The molecule has 6 nitrogen and oxygen atoms in total. The summed E-state index contributed by atoms with van der Waals surface area (Å²) in [5.41, 5.74) is 1.32. The molecule has 0 saturated carbocycles. The molecule has 0 unspecified atom stereocenters. The summed E-state index contributed by atoms with van der Waals surface area (Å²) in [5, 5.41) is 3.05. The predicted octanol–water partition coefficient (Wildman–Crippen LogP) is 1.24. The molecule has 0 spiro atoms. The Bertz CT molecular complexity index is 565. The lowest BCUT2D eigenvalue weighted by atomic mass is 10.2. The maximum absolute atomic E-state index is 4.37. The van der Waals surface area contributed by atoms with Crippen LogP contribution in [-0.2, 0) is 6.54 Å². The third kappa shape index (κ3) is 3.46. The van der Waals surface area contributed by atoms with E-state index in [2.05, 4.69) is 42.2 Å². The lowest BCUT2D eigenvalue weighted by molar-refractivity contribution is 0.249. The molecule has 0 amide bonds. The van der Waals surface area contributed by atoms with Gasteiger partial charge >= 0.3 is 0 Å². The molecule has 3 rings (SSSR count). The van der Waals surface area contributed by atoms with Crippen LogP contribution in [0.15, 0.2) is 36.9 Å². The number of aromatic nitrogens is 3. The first-order valence-corrected chi connectivity index (χ1v) is 7.21. The number of hydrogen-bond acceptors (Lipinski definition) is 6. The number of nitrogens with one attached hydrogen (secondary N) is 1. The van der Waals surface area contributed by atoms with Crippen LogP contribution in [0.25, 0.3) is 0 Å². The molecule has 1 N–H and O–H groups in total. The monoisotopic (exact) mass is 284 g/mol. The Morgan fingerprint density at radius 2 is 1.86 bits per heavy atom. The first-order valence-electron chi connectivity index (χ1n) is 7.21. The van der Waals surface area contributed by atoms with E-state index in [0.717, 1.165) is 44.4 Å². The van der Waals surface area contributed by atoms with Crippen molar-refractivity contribution in [1.29, 1.82) is 0 Å². The maximum Gasteiger partial charge on any atom is 0.134 e. The zero-order valence-electron chi connectivity index (χ0n) is 12.2. The van der Waals surface area contributed by atoms with E-state index in [1.807, 2.05) is 25.5 Å². The molecule has 21 heavy (non-hydrogen) atoms. The average Bonchev–Trinajstić information content (AvgIpc) is 2.56. The molecule has 110 valence electrons. The van der Waals surface area contributed by atoms with Gasteiger partial charge in [-0.3, -0.25) is 9.88 Å². The largest absolute Gasteiger partial charge is 0.373 e. The zero-order valence-corrected chi connectivity index (χ0v) is 12.2. The van der Waals surface area contributed by atoms with Crippen molar-refractivity contribution in [3.8, 4) is 0 Å². The summed E-state index contributed by atoms with van der Waals surface area (Å²) in [5.74, 6) is 1.86. The van der Waals surface area contributed by atoms with Crippen molar-refractivity contribution in [3.05, 3.63) is 42.5 Å². The first-order chi connectivity index (χ1) is 10.3. The van der Waals surface area contributed by atoms with E-state index in [0.29, 0.717) is 0 Å². The van der Waals surface area contributed by atoms with Crippen LogP contribution in [0.4, 0.5) is 11.6 Å². The minimum atomic E-state index is 0.860. The van der Waals surface area contributed by atoms with E-state index in [1.165, 1.54) is 5.56 Å². The summed E-state index contributed by atoms with van der Waals surface area (Å²) in [6.45, 7) is 5.06. The van der Waals surface area contributed by atoms with Gasteiger partial charge in [-0.2, -0.15) is 0 Å². The van der Waals surface area contributed by atoms with E-state index in [-0.39, 0.29) is 0 Å². The van der Waals surface area contributed by atoms with Crippen molar-refractivity contribution < 1.29 is 0 Å². The highest BCUT2D eigenvalue weighted by molar-refractivity contribution is 5.48. The van der Waals surface area contributed by atoms with Gasteiger partial charge < -0.3 is 10.2 Å². The zero-order chi connectivity index (χ0) is 14.5. The van der Waals surface area contributed by atoms with Crippen LogP contribution in [0.5, 0.6) is 0 Å². The molecule has 1 aliphatic heterocycles. The lowest BCUT2D eigenvalue weighted by Gasteiger charge is -2.35. The van der Waals surface area contributed by atoms with E-state index >= 15 is 0 Å². The van der Waals surface area contributed by atoms with Gasteiger partial charge in [0.2, 0.25) is 0 Å². The van der Waals surface area contributed by atoms with Crippen LogP contribution in [0.3, 0.4) is 0 Å². The molecule has 3 heterocycles. The highest BCUT2D eigenvalue weighted by Crippen LogP contribution is 2.16. The summed E-state index contributed by atoms with van der Waals surface area (Å²) >= 11 is 0. The van der Waals surface area contributed by atoms with Gasteiger partial charge in [0.25, 0.3) is 0 Å². The third-order valence-electron chi connectivity index (χ3n) is 3.76. The smallest absolute Gasteiger partial charge is 0.134 e. The normalized spacial score (nSPS) is 16.0. The summed E-state index contributed by atoms with van der Waals surface area (Å²) in [4.78, 5) is 17.4. The molecule has 0 aliphatic carbocycles. The van der Waals surface area contributed by atoms with E-state index in [4.69, 9.17) is 0 Å². The predicted molar refractivity (Wildman–Crippen MR) is 83.3 cm³/mol. The van der Waals surface area contributed by atoms with Crippen molar-refractivity contribution in [2.24, 2.45) is 0 Å². The Morgan fingerprint density at radius 1 is 1.10 bits per heavy atom. The van der Waals surface area contributed by atoms with E-state index < -0.39 is 0 Å². The fraction of sp³-hybridized carbons (Fsp3) is 0.400. The summed E-state index contributed by atoms with van der Waals surface area (Å²) in [7, 11) is 1.87. The van der Waals surface area contributed by atoms with Crippen LogP contribution in [0, 0.1) is 0 Å². The number of hydrogen-bond donors (Lipinski definition) is 1. The number of rotatable bonds is 4. The molecule has 1 saturated heterocycles. The van der Waals surface area contributed by atoms with Gasteiger partial charge in [-0.25, -0.2) is 9.97 Å². The average molecular weight is 284 g/mol. The SMILES string of the molecule is CNc1cc(N2CCN(Cc3ccncc3)CC2)ncn1. The maximum atomic E-state index is 4.37. The van der Waals surface area contributed by atoms with E-state index in [1.54, 1.807) is 6.33 Å². The molecule has 6 heteroatoms. The standard InChI is InChI=1S/C15H20N6/c1-16-14-10-15(19-12-18-14)21-8-6-20(7-9-21)11-13-2-4-17-5-3-13/h2-5,10,12H,6-9,11H2,1H3,(H,16,18,19). The fourth-order valence-corrected chi connectivity index (χ4v) is 2.54. The van der Waals surface area contributed by atoms with Crippen LogP contribution >= 0.6 is 0 Å². The Balaban J connectivity index is 1.57. The number of anilines is 2. The Labute approximate surface area is 124 Å². The van der Waals surface area contributed by atoms with Crippen molar-refractivity contribution in [3.63, 3.8) is 0 Å². The van der Waals surface area contributed by atoms with E-state index in [9.17, 15) is 0 Å². The third-order valence-corrected chi connectivity index (χ3v) is 3.76. The van der Waals surface area contributed by atoms with Gasteiger partial charge in [-0.05, 0) is 17.7 Å². The van der Waals surface area contributed by atoms with Gasteiger partial charge in [0.15, 0.2) is 0 Å². The molecule has 0 radical (unpaired) electrons. The van der Waals surface area contributed by atoms with Crippen LogP contribution < -0.4 is 10.2 Å². The molecule has 2 aromatic heterocycles. The highest BCUT2D eigenvalue weighted by atomic mass is 15.3. The number of pyridine rings is 1. The highest BCUT2D eigenvalue weighted by Gasteiger charge is 2.18. The molecular formula is C15H20N6. The summed E-state index contributed by atoms with van der Waals surface area (Å²) in [6, 6.07) is 6.16. The van der Waals surface area contributed by atoms with Crippen LogP contribution in [0.2, 0.25) is 0 Å². The number of piperazine rings is 1. The molecule has 0 aromatic carbocycles. The van der Waals surface area contributed by atoms with Crippen LogP contribution in [0.1, 0.15) is 5.56 Å². The van der Waals surface area contributed by atoms with Gasteiger partial charge in [0.05, 0.1) is 0 Å². The summed E-state index contributed by atoms with van der Waals surface area (Å²) < 4.78 is 0. The van der Waals surface area contributed by atoms with Crippen molar-refractivity contribution >= 4 is 11.6 Å². The van der Waals surface area contributed by atoms with Gasteiger partial charge in [0, 0.05) is 58.2 Å². The first kappa shape index (κ1) is 13.8. The molecule has 1 fully saturated rings. The minimum absolute atomic E-state index is 0.860. The molecular weight excluding hydrogens is 264 g/mol. The van der Waals surface area contributed by atoms with Crippen molar-refractivity contribution in [1.82, 2.24) is 19.9 Å². The minimum Gasteiger partial charge on any atom is -0.373 e. The van der Waals surface area contributed by atoms with Crippen LogP contribution in [-0.4, -0.2) is 53.1 Å². The second-order valence-electron chi connectivity index (χ2n) is 5.13. The molecule has 2 aromatic rings. The summed E-state index contributed by atoms with van der Waals surface area (Å²) in [6.07, 6.45) is 5.32. The molecule has 1 aliphatic rings. The Hall–Kier alpha value is -2.21. The lowest BCUT2D eigenvalue weighted by Crippen LogP contribution is -2.46. The fourth-order valence-electron chi connectivity index (χ4n) is 2.54. The molecule has 0 atom stereocenters. The van der Waals surface area contributed by atoms with Crippen molar-refractivity contribution in [2.75, 3.05) is 43.4 Å². The van der Waals surface area contributed by atoms with Gasteiger partial charge in [-0.1, -0.05) is 0 Å². The Kier molecular flexibility index (Phi) is 4.25. The van der Waals surface area contributed by atoms with Gasteiger partial charge in [-0.15, -0.1) is 0 Å². The molecule has 0 bridgehead atoms. The van der Waals surface area contributed by atoms with Crippen molar-refractivity contribution in [2.45, 2.75) is 6.54 Å². The van der Waals surface area contributed by atoms with Gasteiger partial charge in [0.1, 0.15) is 18.0 Å². The second-order valence-corrected chi connectivity index (χ2v) is 5.13. The topological polar surface area (TPSA) is 57.2 Å².